The second-order valence-electron chi connectivity index (χ2n) is 6.15. The molecule has 1 aliphatic rings. The number of nitrogens with zero attached hydrogens (tertiary/aromatic N) is 1. The Morgan fingerprint density at radius 2 is 1.96 bits per heavy atom. The first-order chi connectivity index (χ1) is 11.7. The maximum absolute atomic E-state index is 11.5. The first-order valence-electron chi connectivity index (χ1n) is 8.42. The van der Waals surface area contributed by atoms with Crippen LogP contribution in [0.1, 0.15) is 29.2 Å². The number of benzene rings is 1. The summed E-state index contributed by atoms with van der Waals surface area (Å²) in [4.78, 5) is 14.8. The van der Waals surface area contributed by atoms with E-state index in [1.54, 1.807) is 0 Å². The van der Waals surface area contributed by atoms with Crippen LogP contribution in [0.4, 0.5) is 0 Å². The van der Waals surface area contributed by atoms with E-state index in [1.807, 2.05) is 41.8 Å². The molecule has 1 N–H and O–H groups in total. The zero-order chi connectivity index (χ0) is 16.8. The number of carbonyl (C=O) groups is 1. The molecule has 1 unspecified atom stereocenters. The van der Waals surface area contributed by atoms with Gasteiger partial charge in [0, 0.05) is 11.4 Å². The molecule has 2 heterocycles. The molecule has 5 heteroatoms. The normalized spacial score (nSPS) is 16.2. The van der Waals surface area contributed by atoms with Gasteiger partial charge in [-0.15, -0.1) is 11.3 Å². The molecule has 0 amide bonds. The van der Waals surface area contributed by atoms with Crippen molar-refractivity contribution in [1.82, 2.24) is 4.90 Å². The van der Waals surface area contributed by atoms with E-state index in [0.29, 0.717) is 13.0 Å². The Bertz CT molecular complexity index is 633. The zero-order valence-corrected chi connectivity index (χ0v) is 14.5. The fourth-order valence-electron chi connectivity index (χ4n) is 3.06. The molecular formula is C19H23NO3S. The second-order valence-corrected chi connectivity index (χ2v) is 7.13. The van der Waals surface area contributed by atoms with E-state index in [2.05, 4.69) is 4.90 Å². The fraction of sp³-hybridized carbons (Fsp3) is 0.421. The Hall–Kier alpha value is -1.85. The number of hydrogen-bond donors (Lipinski definition) is 1. The molecule has 0 radical (unpaired) electrons. The summed E-state index contributed by atoms with van der Waals surface area (Å²) >= 11 is 1.49. The molecule has 4 nitrogen and oxygen atoms in total. The molecule has 1 aliphatic heterocycles. The minimum atomic E-state index is -0.775. The highest BCUT2D eigenvalue weighted by Crippen LogP contribution is 2.26. The Labute approximate surface area is 146 Å². The van der Waals surface area contributed by atoms with E-state index in [4.69, 9.17) is 4.74 Å². The minimum Gasteiger partial charge on any atom is -0.492 e. The van der Waals surface area contributed by atoms with Crippen LogP contribution in [0.25, 0.3) is 0 Å². The average molecular weight is 345 g/mol. The van der Waals surface area contributed by atoms with Gasteiger partial charge in [0.05, 0.1) is 5.92 Å². The second kappa shape index (κ2) is 8.31. The summed E-state index contributed by atoms with van der Waals surface area (Å²) in [6.45, 7) is 4.04. The molecule has 0 spiro atoms. The molecular weight excluding hydrogens is 322 g/mol. The van der Waals surface area contributed by atoms with Gasteiger partial charge >= 0.3 is 5.97 Å². The molecule has 1 fully saturated rings. The summed E-state index contributed by atoms with van der Waals surface area (Å²) < 4.78 is 5.79. The maximum Gasteiger partial charge on any atom is 0.312 e. The summed E-state index contributed by atoms with van der Waals surface area (Å²) in [5.74, 6) is -0.406. The van der Waals surface area contributed by atoms with Gasteiger partial charge in [0.25, 0.3) is 0 Å². The summed E-state index contributed by atoms with van der Waals surface area (Å²) in [6, 6.07) is 11.6. The van der Waals surface area contributed by atoms with Gasteiger partial charge in [-0.2, -0.15) is 0 Å². The third-order valence-electron chi connectivity index (χ3n) is 4.42. The largest absolute Gasteiger partial charge is 0.492 e. The predicted octanol–water partition coefficient (Wildman–Crippen LogP) is 3.63. The Morgan fingerprint density at radius 3 is 2.58 bits per heavy atom. The zero-order valence-electron chi connectivity index (χ0n) is 13.7. The lowest BCUT2D eigenvalue weighted by molar-refractivity contribution is -0.138. The molecule has 0 saturated carbocycles. The highest BCUT2D eigenvalue weighted by atomic mass is 32.1. The quantitative estimate of drug-likeness (QED) is 0.794. The van der Waals surface area contributed by atoms with Crippen molar-refractivity contribution >= 4 is 17.3 Å². The molecule has 0 aliphatic carbocycles. The van der Waals surface area contributed by atoms with Crippen LogP contribution in [0.3, 0.4) is 0 Å². The number of thiophene rings is 1. The van der Waals surface area contributed by atoms with Crippen molar-refractivity contribution < 1.29 is 14.6 Å². The third-order valence-corrected chi connectivity index (χ3v) is 5.41. The molecule has 0 bridgehead atoms. The van der Waals surface area contributed by atoms with Crippen LogP contribution in [-0.4, -0.2) is 42.2 Å². The minimum absolute atomic E-state index is 0.480. The number of rotatable bonds is 8. The van der Waals surface area contributed by atoms with Crippen LogP contribution in [0.15, 0.2) is 41.8 Å². The van der Waals surface area contributed by atoms with Crippen molar-refractivity contribution in [3.8, 4) is 5.75 Å². The average Bonchev–Trinajstić information content (AvgIpc) is 3.27. The number of hydrogen-bond acceptors (Lipinski definition) is 4. The lowest BCUT2D eigenvalue weighted by Crippen LogP contribution is -2.25. The van der Waals surface area contributed by atoms with Gasteiger partial charge in [-0.3, -0.25) is 9.69 Å². The van der Waals surface area contributed by atoms with Crippen molar-refractivity contribution in [2.75, 3.05) is 26.2 Å². The Kier molecular flexibility index (Phi) is 5.88. The predicted molar refractivity (Wildman–Crippen MR) is 96.0 cm³/mol. The van der Waals surface area contributed by atoms with E-state index < -0.39 is 11.9 Å². The molecule has 3 rings (SSSR count). The van der Waals surface area contributed by atoms with Crippen LogP contribution >= 0.6 is 11.3 Å². The number of likely N-dealkylation sites (tertiary alicyclic amines) is 1. The Morgan fingerprint density at radius 1 is 1.21 bits per heavy atom. The highest BCUT2D eigenvalue weighted by molar-refractivity contribution is 7.10. The van der Waals surface area contributed by atoms with Crippen LogP contribution in [0.5, 0.6) is 5.75 Å². The van der Waals surface area contributed by atoms with E-state index in [-0.39, 0.29) is 0 Å². The van der Waals surface area contributed by atoms with Crippen LogP contribution in [0, 0.1) is 0 Å². The molecule has 24 heavy (non-hydrogen) atoms. The van der Waals surface area contributed by atoms with E-state index in [0.717, 1.165) is 22.7 Å². The number of ether oxygens (including phenoxy) is 1. The van der Waals surface area contributed by atoms with Gasteiger partial charge < -0.3 is 9.84 Å². The Balaban J connectivity index is 1.52. The van der Waals surface area contributed by atoms with E-state index in [9.17, 15) is 9.90 Å². The molecule has 1 aromatic carbocycles. The molecule has 1 aromatic heterocycles. The van der Waals surface area contributed by atoms with Crippen molar-refractivity contribution in [3.05, 3.63) is 52.2 Å². The molecule has 128 valence electrons. The first-order valence-corrected chi connectivity index (χ1v) is 9.30. The van der Waals surface area contributed by atoms with Crippen LogP contribution in [0.2, 0.25) is 0 Å². The lowest BCUT2D eigenvalue weighted by Gasteiger charge is -2.15. The molecule has 2 aromatic rings. The SMILES string of the molecule is O=C(O)C(Cc1ccc(OCCN2CCCC2)cc1)c1cccs1. The van der Waals surface area contributed by atoms with E-state index in [1.165, 1.54) is 37.3 Å². The topological polar surface area (TPSA) is 49.8 Å². The van der Waals surface area contributed by atoms with Crippen molar-refractivity contribution in [2.45, 2.75) is 25.2 Å². The maximum atomic E-state index is 11.5. The number of carboxylic acids is 1. The van der Waals surface area contributed by atoms with Gasteiger partial charge in [-0.05, 0) is 61.5 Å². The third kappa shape index (κ3) is 4.58. The monoisotopic (exact) mass is 345 g/mol. The van der Waals surface area contributed by atoms with E-state index >= 15 is 0 Å². The molecule has 1 atom stereocenters. The van der Waals surface area contributed by atoms with Crippen molar-refractivity contribution in [1.29, 1.82) is 0 Å². The fourth-order valence-corrected chi connectivity index (χ4v) is 3.88. The number of aliphatic carboxylic acids is 1. The van der Waals surface area contributed by atoms with Crippen LogP contribution < -0.4 is 4.74 Å². The van der Waals surface area contributed by atoms with Gasteiger partial charge in [-0.25, -0.2) is 0 Å². The first kappa shape index (κ1) is 17.0. The lowest BCUT2D eigenvalue weighted by atomic mass is 9.98. The van der Waals surface area contributed by atoms with Crippen molar-refractivity contribution in [2.24, 2.45) is 0 Å². The van der Waals surface area contributed by atoms with Gasteiger partial charge in [0.1, 0.15) is 12.4 Å². The summed E-state index contributed by atoms with van der Waals surface area (Å²) in [5, 5.41) is 11.4. The van der Waals surface area contributed by atoms with Gasteiger partial charge in [-0.1, -0.05) is 18.2 Å². The summed E-state index contributed by atoms with van der Waals surface area (Å²) in [7, 11) is 0. The smallest absolute Gasteiger partial charge is 0.312 e. The van der Waals surface area contributed by atoms with Gasteiger partial charge in [0.15, 0.2) is 0 Å². The highest BCUT2D eigenvalue weighted by Gasteiger charge is 2.21. The standard InChI is InChI=1S/C19H23NO3S/c21-19(22)17(18-4-3-13-24-18)14-15-5-7-16(8-6-15)23-12-11-20-9-1-2-10-20/h3-8,13,17H,1-2,9-12,14H2,(H,21,22). The van der Waals surface area contributed by atoms with Crippen LogP contribution in [-0.2, 0) is 11.2 Å². The number of carboxylic acid groups (broad SMARTS) is 1. The van der Waals surface area contributed by atoms with Gasteiger partial charge in [0.2, 0.25) is 0 Å². The summed E-state index contributed by atoms with van der Waals surface area (Å²) in [6.07, 6.45) is 3.09. The molecule has 1 saturated heterocycles. The summed E-state index contributed by atoms with van der Waals surface area (Å²) in [5.41, 5.74) is 1.02. The van der Waals surface area contributed by atoms with Crippen molar-refractivity contribution in [3.63, 3.8) is 0 Å².